The van der Waals surface area contributed by atoms with Gasteiger partial charge < -0.3 is 9.84 Å². The Bertz CT molecular complexity index is 553. The van der Waals surface area contributed by atoms with Crippen LogP contribution in [0, 0.1) is 11.6 Å². The fourth-order valence-corrected chi connectivity index (χ4v) is 1.93. The molecule has 0 spiro atoms. The van der Waals surface area contributed by atoms with E-state index in [1.165, 1.54) is 30.3 Å². The quantitative estimate of drug-likeness (QED) is 0.927. The second kappa shape index (κ2) is 5.46. The molecule has 0 atom stereocenters. The molecule has 18 heavy (non-hydrogen) atoms. The normalized spacial score (nSPS) is 10.4. The molecular weight excluding hydrogens is 306 g/mol. The van der Waals surface area contributed by atoms with Crippen molar-refractivity contribution >= 4 is 15.9 Å². The average Bonchev–Trinajstić information content (AvgIpc) is 2.30. The molecular formula is C13H9BrF2O2. The molecule has 0 fully saturated rings. The highest BCUT2D eigenvalue weighted by atomic mass is 79.9. The minimum atomic E-state index is -0.466. The third-order valence-electron chi connectivity index (χ3n) is 2.26. The van der Waals surface area contributed by atoms with Gasteiger partial charge in [-0.05, 0) is 30.3 Å². The van der Waals surface area contributed by atoms with Crippen LogP contribution in [0.4, 0.5) is 8.78 Å². The molecule has 0 aliphatic carbocycles. The molecule has 0 saturated heterocycles. The SMILES string of the molecule is OCc1cc(F)ccc1Oc1cc(F)cc(Br)c1. The van der Waals surface area contributed by atoms with Gasteiger partial charge in [-0.3, -0.25) is 0 Å². The van der Waals surface area contributed by atoms with E-state index in [1.54, 1.807) is 6.07 Å². The second-order valence-electron chi connectivity index (χ2n) is 3.62. The molecule has 0 saturated carbocycles. The lowest BCUT2D eigenvalue weighted by molar-refractivity contribution is 0.275. The molecule has 1 N–H and O–H groups in total. The van der Waals surface area contributed by atoms with E-state index in [4.69, 9.17) is 9.84 Å². The standard InChI is InChI=1S/C13H9BrF2O2/c14-9-4-11(16)6-12(5-9)18-13-2-1-10(15)3-8(13)7-17/h1-6,17H,7H2. The van der Waals surface area contributed by atoms with Crippen LogP contribution in [-0.2, 0) is 6.61 Å². The molecule has 2 nitrogen and oxygen atoms in total. The summed E-state index contributed by atoms with van der Waals surface area (Å²) in [7, 11) is 0. The van der Waals surface area contributed by atoms with Crippen molar-refractivity contribution in [2.24, 2.45) is 0 Å². The van der Waals surface area contributed by atoms with E-state index in [0.717, 1.165) is 0 Å². The van der Waals surface area contributed by atoms with E-state index >= 15 is 0 Å². The predicted octanol–water partition coefficient (Wildman–Crippen LogP) is 4.01. The van der Waals surface area contributed by atoms with Gasteiger partial charge in [0, 0.05) is 16.1 Å². The zero-order chi connectivity index (χ0) is 13.1. The van der Waals surface area contributed by atoms with E-state index in [9.17, 15) is 8.78 Å². The van der Waals surface area contributed by atoms with Crippen molar-refractivity contribution in [2.75, 3.05) is 0 Å². The van der Waals surface area contributed by atoms with Crippen LogP contribution in [0.5, 0.6) is 11.5 Å². The van der Waals surface area contributed by atoms with Crippen LogP contribution < -0.4 is 4.74 Å². The van der Waals surface area contributed by atoms with Gasteiger partial charge in [0.05, 0.1) is 6.61 Å². The maximum Gasteiger partial charge on any atom is 0.133 e. The molecule has 5 heteroatoms. The monoisotopic (exact) mass is 314 g/mol. The Hall–Kier alpha value is -1.46. The van der Waals surface area contributed by atoms with Crippen molar-refractivity contribution in [3.05, 3.63) is 58.1 Å². The zero-order valence-corrected chi connectivity index (χ0v) is 10.7. The van der Waals surface area contributed by atoms with Crippen LogP contribution in [0.25, 0.3) is 0 Å². The Morgan fingerprint density at radius 1 is 1.06 bits per heavy atom. The lowest BCUT2D eigenvalue weighted by Gasteiger charge is -2.10. The summed E-state index contributed by atoms with van der Waals surface area (Å²) >= 11 is 3.14. The predicted molar refractivity (Wildman–Crippen MR) is 66.5 cm³/mol. The van der Waals surface area contributed by atoms with Gasteiger partial charge >= 0.3 is 0 Å². The van der Waals surface area contributed by atoms with Gasteiger partial charge in [0.2, 0.25) is 0 Å². The summed E-state index contributed by atoms with van der Waals surface area (Å²) in [4.78, 5) is 0. The molecule has 0 aromatic heterocycles. The highest BCUT2D eigenvalue weighted by molar-refractivity contribution is 9.10. The van der Waals surface area contributed by atoms with Gasteiger partial charge in [-0.1, -0.05) is 15.9 Å². The van der Waals surface area contributed by atoms with Gasteiger partial charge in [0.1, 0.15) is 23.1 Å². The number of ether oxygens (including phenoxy) is 1. The van der Waals surface area contributed by atoms with Crippen molar-refractivity contribution < 1.29 is 18.6 Å². The summed E-state index contributed by atoms with van der Waals surface area (Å²) in [6.45, 7) is -0.358. The van der Waals surface area contributed by atoms with Crippen LogP contribution in [-0.4, -0.2) is 5.11 Å². The minimum absolute atomic E-state index is 0.267. The maximum atomic E-state index is 13.2. The Morgan fingerprint density at radius 2 is 1.83 bits per heavy atom. The fourth-order valence-electron chi connectivity index (χ4n) is 1.49. The molecule has 0 aliphatic heterocycles. The number of halogens is 3. The van der Waals surface area contributed by atoms with Gasteiger partial charge in [-0.25, -0.2) is 8.78 Å². The summed E-state index contributed by atoms with van der Waals surface area (Å²) in [5.41, 5.74) is 0.301. The van der Waals surface area contributed by atoms with E-state index in [0.29, 0.717) is 10.0 Å². The zero-order valence-electron chi connectivity index (χ0n) is 9.16. The fraction of sp³-hybridized carbons (Fsp3) is 0.0769. The lowest BCUT2D eigenvalue weighted by Crippen LogP contribution is -1.93. The Labute approximate surface area is 111 Å². The first-order chi connectivity index (χ1) is 8.58. The molecule has 0 radical (unpaired) electrons. The maximum absolute atomic E-state index is 13.2. The number of rotatable bonds is 3. The van der Waals surface area contributed by atoms with Crippen LogP contribution in [0.15, 0.2) is 40.9 Å². The minimum Gasteiger partial charge on any atom is -0.457 e. The van der Waals surface area contributed by atoms with Crippen molar-refractivity contribution in [3.8, 4) is 11.5 Å². The lowest BCUT2D eigenvalue weighted by atomic mass is 10.2. The summed E-state index contributed by atoms with van der Waals surface area (Å²) in [6, 6.07) is 7.85. The molecule has 2 aromatic carbocycles. The van der Waals surface area contributed by atoms with E-state index in [2.05, 4.69) is 15.9 Å². The van der Waals surface area contributed by atoms with E-state index < -0.39 is 11.6 Å². The third-order valence-corrected chi connectivity index (χ3v) is 2.71. The summed E-state index contributed by atoms with van der Waals surface area (Å²) < 4.78 is 32.1. The number of aliphatic hydroxyl groups excluding tert-OH is 1. The second-order valence-corrected chi connectivity index (χ2v) is 4.53. The third kappa shape index (κ3) is 3.05. The summed E-state index contributed by atoms with van der Waals surface area (Å²) in [5, 5.41) is 9.10. The molecule has 0 unspecified atom stereocenters. The molecule has 2 aromatic rings. The van der Waals surface area contributed by atoms with Crippen LogP contribution >= 0.6 is 15.9 Å². The largest absolute Gasteiger partial charge is 0.457 e. The van der Waals surface area contributed by atoms with Crippen LogP contribution in [0.2, 0.25) is 0 Å². The summed E-state index contributed by atoms with van der Waals surface area (Å²) in [6.07, 6.45) is 0. The van der Waals surface area contributed by atoms with Crippen LogP contribution in [0.1, 0.15) is 5.56 Å². The molecule has 0 heterocycles. The van der Waals surface area contributed by atoms with Crippen molar-refractivity contribution in [1.29, 1.82) is 0 Å². The first kappa shape index (κ1) is 13.0. The topological polar surface area (TPSA) is 29.5 Å². The van der Waals surface area contributed by atoms with Crippen molar-refractivity contribution in [1.82, 2.24) is 0 Å². The molecule has 0 bridgehead atoms. The smallest absolute Gasteiger partial charge is 0.133 e. The molecule has 0 aliphatic rings. The number of hydrogen-bond donors (Lipinski definition) is 1. The first-order valence-electron chi connectivity index (χ1n) is 5.12. The molecule has 94 valence electrons. The first-order valence-corrected chi connectivity index (χ1v) is 5.91. The Kier molecular flexibility index (Phi) is 3.93. The van der Waals surface area contributed by atoms with Gasteiger partial charge in [-0.2, -0.15) is 0 Å². The highest BCUT2D eigenvalue weighted by Gasteiger charge is 2.07. The van der Waals surface area contributed by atoms with Crippen molar-refractivity contribution in [2.45, 2.75) is 6.61 Å². The Morgan fingerprint density at radius 3 is 2.50 bits per heavy atom. The number of hydrogen-bond acceptors (Lipinski definition) is 2. The summed E-state index contributed by atoms with van der Waals surface area (Å²) in [5.74, 6) is -0.363. The van der Waals surface area contributed by atoms with Gasteiger partial charge in [0.15, 0.2) is 0 Å². The Balaban J connectivity index is 2.33. The number of aliphatic hydroxyl groups is 1. The number of benzene rings is 2. The molecule has 0 amide bonds. The van der Waals surface area contributed by atoms with Gasteiger partial charge in [-0.15, -0.1) is 0 Å². The highest BCUT2D eigenvalue weighted by Crippen LogP contribution is 2.28. The van der Waals surface area contributed by atoms with Crippen molar-refractivity contribution in [3.63, 3.8) is 0 Å². The van der Waals surface area contributed by atoms with E-state index in [-0.39, 0.29) is 18.1 Å². The molecule has 2 rings (SSSR count). The van der Waals surface area contributed by atoms with E-state index in [1.807, 2.05) is 0 Å². The van der Waals surface area contributed by atoms with Gasteiger partial charge in [0.25, 0.3) is 0 Å². The van der Waals surface area contributed by atoms with Crippen LogP contribution in [0.3, 0.4) is 0 Å². The average molecular weight is 315 g/mol.